The van der Waals surface area contributed by atoms with E-state index in [0.29, 0.717) is 23.0 Å². The van der Waals surface area contributed by atoms with Crippen LogP contribution in [0.2, 0.25) is 0 Å². The molecule has 0 spiro atoms. The van der Waals surface area contributed by atoms with Gasteiger partial charge in [0.1, 0.15) is 36.1 Å². The summed E-state index contributed by atoms with van der Waals surface area (Å²) in [6.07, 6.45) is -1.06. The molecule has 4 heterocycles. The van der Waals surface area contributed by atoms with Crippen LogP contribution in [0.25, 0.3) is 33.6 Å². The number of aromatic amines is 2. The molecule has 0 unspecified atom stereocenters. The fourth-order valence-corrected chi connectivity index (χ4v) is 6.68. The number of amides is 4. The van der Waals surface area contributed by atoms with Gasteiger partial charge >= 0.3 is 12.2 Å². The monoisotopic (exact) mass is 718 g/mol. The molecule has 16 heteroatoms. The maximum atomic E-state index is 14.5. The summed E-state index contributed by atoms with van der Waals surface area (Å²) in [7, 11) is 2.50. The minimum Gasteiger partial charge on any atom is -0.465 e. The quantitative estimate of drug-likeness (QED) is 0.185. The number of hydrogen-bond donors (Lipinski definition) is 4. The minimum absolute atomic E-state index is 0.0588. The van der Waals surface area contributed by atoms with E-state index in [2.05, 4.69) is 30.0 Å². The lowest BCUT2D eigenvalue weighted by Crippen LogP contribution is -2.47. The fraction of sp³-hybridized carbons (Fsp3) is 0.389. The van der Waals surface area contributed by atoms with Crippen molar-refractivity contribution in [2.24, 2.45) is 0 Å². The Morgan fingerprint density at radius 3 is 1.65 bits per heavy atom. The van der Waals surface area contributed by atoms with Crippen molar-refractivity contribution >= 4 is 24.0 Å². The molecule has 6 atom stereocenters. The van der Waals surface area contributed by atoms with Crippen molar-refractivity contribution in [3.8, 4) is 33.6 Å². The van der Waals surface area contributed by atoms with Crippen LogP contribution < -0.4 is 5.32 Å². The van der Waals surface area contributed by atoms with Gasteiger partial charge < -0.3 is 34.9 Å². The highest BCUT2D eigenvalue weighted by atomic mass is 19.1. The van der Waals surface area contributed by atoms with Gasteiger partial charge in [-0.3, -0.25) is 14.5 Å². The van der Waals surface area contributed by atoms with E-state index in [4.69, 9.17) is 0 Å². The lowest BCUT2D eigenvalue weighted by atomic mass is 10.0. The first kappa shape index (κ1) is 36.0. The van der Waals surface area contributed by atoms with Crippen LogP contribution in [-0.4, -0.2) is 115 Å². The Labute approximate surface area is 298 Å². The van der Waals surface area contributed by atoms with Gasteiger partial charge in [-0.25, -0.2) is 28.3 Å². The maximum Gasteiger partial charge on any atom is 0.407 e. The third kappa shape index (κ3) is 7.31. The molecule has 0 radical (unpaired) electrons. The molecule has 2 saturated heterocycles. The Morgan fingerprint density at radius 2 is 1.23 bits per heavy atom. The number of imidazole rings is 2. The molecule has 14 nitrogen and oxygen atoms in total. The van der Waals surface area contributed by atoms with E-state index < -0.39 is 60.5 Å². The summed E-state index contributed by atoms with van der Waals surface area (Å²) >= 11 is 0. The van der Waals surface area contributed by atoms with Gasteiger partial charge in [0, 0.05) is 19.9 Å². The first-order valence-electron chi connectivity index (χ1n) is 16.8. The van der Waals surface area contributed by atoms with Crippen molar-refractivity contribution in [1.29, 1.82) is 0 Å². The van der Waals surface area contributed by atoms with Gasteiger partial charge in [0.25, 0.3) is 0 Å². The predicted molar refractivity (Wildman–Crippen MR) is 185 cm³/mol. The predicted octanol–water partition coefficient (Wildman–Crippen LogP) is 5.10. The summed E-state index contributed by atoms with van der Waals surface area (Å²) in [6.45, 7) is 2.76. The molecule has 2 fully saturated rings. The number of nitrogens with one attached hydrogen (secondary N) is 3. The number of ether oxygens (including phenoxy) is 1. The molecule has 4 aromatic rings. The third-order valence-electron chi connectivity index (χ3n) is 9.74. The second kappa shape index (κ2) is 14.8. The number of carbonyl (C=O) groups is 4. The molecule has 2 aromatic carbocycles. The summed E-state index contributed by atoms with van der Waals surface area (Å²) in [5, 5.41) is 11.7. The molecule has 4 N–H and O–H groups in total. The summed E-state index contributed by atoms with van der Waals surface area (Å²) in [6, 6.07) is 12.4. The van der Waals surface area contributed by atoms with Crippen LogP contribution in [0.1, 0.15) is 50.4 Å². The zero-order chi connectivity index (χ0) is 37.3. The Balaban J connectivity index is 1.12. The van der Waals surface area contributed by atoms with Crippen LogP contribution in [0.5, 0.6) is 0 Å². The van der Waals surface area contributed by atoms with Crippen LogP contribution >= 0.6 is 0 Å². The molecule has 0 bridgehead atoms. The molecule has 6 rings (SSSR count). The molecule has 274 valence electrons. The Hall–Kier alpha value is -5.80. The number of alkyl carbamates (subject to hydrolysis) is 1. The maximum absolute atomic E-state index is 14.5. The second-order valence-corrected chi connectivity index (χ2v) is 13.1. The van der Waals surface area contributed by atoms with E-state index >= 15 is 0 Å². The summed E-state index contributed by atoms with van der Waals surface area (Å²) < 4.78 is 33.6. The summed E-state index contributed by atoms with van der Waals surface area (Å²) in [5.41, 5.74) is 4.97. The summed E-state index contributed by atoms with van der Waals surface area (Å²) in [5.74, 6) is -0.0408. The van der Waals surface area contributed by atoms with Crippen LogP contribution in [0.15, 0.2) is 60.9 Å². The van der Waals surface area contributed by atoms with Crippen molar-refractivity contribution in [2.75, 3.05) is 27.2 Å². The van der Waals surface area contributed by atoms with E-state index in [1.807, 2.05) is 48.5 Å². The van der Waals surface area contributed by atoms with Crippen molar-refractivity contribution in [1.82, 2.24) is 40.0 Å². The molecule has 4 amide bonds. The van der Waals surface area contributed by atoms with Gasteiger partial charge in [0.2, 0.25) is 11.8 Å². The SMILES string of the molecule is COC(=O)N[C@@H](C)C(=O)N1C[C@H](F)C[C@H]1c1ncc(-c2ccc(-c3ccc(-c4cnc([C@@H]5C[C@@H](F)CN5C(=O)[C@H](C)N(C)C(=O)O)[nH]4)cc3)cc2)[nH]1. The average Bonchev–Trinajstić information content (AvgIpc) is 3.97. The van der Waals surface area contributed by atoms with Gasteiger partial charge in [-0.05, 0) is 36.1 Å². The van der Waals surface area contributed by atoms with Crippen LogP contribution in [0.4, 0.5) is 18.4 Å². The molecule has 2 aliphatic rings. The smallest absolute Gasteiger partial charge is 0.407 e. The number of carbonyl (C=O) groups excluding carboxylic acids is 3. The van der Waals surface area contributed by atoms with Crippen LogP contribution in [0, 0.1) is 0 Å². The number of carboxylic acid groups (broad SMARTS) is 1. The molecule has 2 aromatic heterocycles. The third-order valence-corrected chi connectivity index (χ3v) is 9.74. The van der Waals surface area contributed by atoms with Crippen molar-refractivity contribution in [3.63, 3.8) is 0 Å². The molecule has 0 aliphatic carbocycles. The van der Waals surface area contributed by atoms with Gasteiger partial charge in [-0.1, -0.05) is 48.5 Å². The van der Waals surface area contributed by atoms with Crippen molar-refractivity contribution < 1.29 is 37.8 Å². The first-order valence-corrected chi connectivity index (χ1v) is 16.8. The molecule has 52 heavy (non-hydrogen) atoms. The van der Waals surface area contributed by atoms with Crippen LogP contribution in [-0.2, 0) is 14.3 Å². The number of alkyl halides is 2. The van der Waals surface area contributed by atoms with Gasteiger partial charge in [-0.2, -0.15) is 0 Å². The first-order chi connectivity index (χ1) is 24.8. The number of benzene rings is 2. The van der Waals surface area contributed by atoms with E-state index in [0.717, 1.165) is 27.2 Å². The van der Waals surface area contributed by atoms with Gasteiger partial charge in [0.15, 0.2) is 0 Å². The number of H-pyrrole nitrogens is 2. The number of methoxy groups -OCH3 is 1. The number of hydrogen-bond acceptors (Lipinski definition) is 7. The summed E-state index contributed by atoms with van der Waals surface area (Å²) in [4.78, 5) is 68.1. The minimum atomic E-state index is -1.25. The average molecular weight is 719 g/mol. The highest BCUT2D eigenvalue weighted by Gasteiger charge is 2.41. The Bertz CT molecular complexity index is 1930. The topological polar surface area (TPSA) is 177 Å². The fourth-order valence-electron chi connectivity index (χ4n) is 6.68. The normalized spacial score (nSPS) is 21.1. The highest BCUT2D eigenvalue weighted by molar-refractivity contribution is 5.86. The van der Waals surface area contributed by atoms with E-state index in [-0.39, 0.29) is 25.9 Å². The van der Waals surface area contributed by atoms with Crippen molar-refractivity contribution in [3.05, 3.63) is 72.6 Å². The lowest BCUT2D eigenvalue weighted by molar-refractivity contribution is -0.136. The number of nitrogens with zero attached hydrogens (tertiary/aromatic N) is 5. The second-order valence-electron chi connectivity index (χ2n) is 13.1. The lowest BCUT2D eigenvalue weighted by Gasteiger charge is -2.29. The molecule has 0 saturated carbocycles. The van der Waals surface area contributed by atoms with E-state index in [1.165, 1.54) is 37.8 Å². The Morgan fingerprint density at radius 1 is 0.808 bits per heavy atom. The van der Waals surface area contributed by atoms with E-state index in [1.54, 1.807) is 12.4 Å². The highest BCUT2D eigenvalue weighted by Crippen LogP contribution is 2.36. The number of rotatable bonds is 9. The number of likely N-dealkylation sites (N-methyl/N-ethyl adjacent to an activating group) is 1. The standard InChI is InChI=1S/C36H40F2N8O6/c1-19(41-35(49)52-4)33(47)45-17-25(37)13-29(45)31-39-15-27(42-31)23-9-5-21(6-10-23)22-7-11-24(12-8-22)28-16-40-32(43-28)30-14-26(38)18-46(30)34(48)20(2)44(3)36(50)51/h5-12,15-16,19-20,25-26,29-30H,13-14,17-18H2,1-4H3,(H,39,42)(H,40,43)(H,41,49)(H,50,51)/t19-,20-,25+,26+,29-,30-/m0/s1. The van der Waals surface area contributed by atoms with Crippen molar-refractivity contribution in [2.45, 2.75) is 63.2 Å². The van der Waals surface area contributed by atoms with Crippen LogP contribution in [0.3, 0.4) is 0 Å². The largest absolute Gasteiger partial charge is 0.465 e. The van der Waals surface area contributed by atoms with Gasteiger partial charge in [0.05, 0.1) is 56.1 Å². The number of aromatic nitrogens is 4. The van der Waals surface area contributed by atoms with Gasteiger partial charge in [-0.15, -0.1) is 0 Å². The zero-order valence-corrected chi connectivity index (χ0v) is 29.0. The molecular formula is C36H40F2N8O6. The number of likely N-dealkylation sites (tertiary alicyclic amines) is 2. The Kier molecular flexibility index (Phi) is 10.3. The number of halogens is 2. The van der Waals surface area contributed by atoms with E-state index in [9.17, 15) is 33.1 Å². The zero-order valence-electron chi connectivity index (χ0n) is 29.0. The molecular weight excluding hydrogens is 678 g/mol. The molecule has 2 aliphatic heterocycles.